The van der Waals surface area contributed by atoms with E-state index >= 15 is 0 Å². The molecule has 1 aromatic heterocycles. The van der Waals surface area contributed by atoms with Crippen LogP contribution in [0.4, 0.5) is 4.39 Å². The molecule has 7 heteroatoms. The molecule has 0 spiro atoms. The maximum absolute atomic E-state index is 13.0. The van der Waals surface area contributed by atoms with Crippen LogP contribution in [0.15, 0.2) is 54.6 Å². The van der Waals surface area contributed by atoms with Crippen LogP contribution < -0.4 is 5.32 Å². The number of alkyl halides is 1. The number of benzene rings is 2. The largest absolute Gasteiger partial charge is 0.480 e. The van der Waals surface area contributed by atoms with Crippen molar-refractivity contribution < 1.29 is 19.1 Å². The normalized spacial score (nSPS) is 14.4. The van der Waals surface area contributed by atoms with Gasteiger partial charge in [-0.3, -0.25) is 4.79 Å². The minimum absolute atomic E-state index is 0.279. The summed E-state index contributed by atoms with van der Waals surface area (Å²) in [5.74, 6) is -1.95. The smallest absolute Gasteiger partial charge is 0.328 e. The number of aromatic nitrogens is 1. The molecular weight excluding hydrogens is 367 g/mol. The van der Waals surface area contributed by atoms with E-state index in [2.05, 4.69) is 10.3 Å². The summed E-state index contributed by atoms with van der Waals surface area (Å²) in [7, 11) is 0. The lowest BCUT2D eigenvalue weighted by Gasteiger charge is -2.29. The summed E-state index contributed by atoms with van der Waals surface area (Å²) in [4.78, 5) is 28.7. The third kappa shape index (κ3) is 3.98. The number of hydrogen-bond donors (Lipinski definition) is 2. The van der Waals surface area contributed by atoms with E-state index in [1.54, 1.807) is 19.1 Å². The van der Waals surface area contributed by atoms with Crippen LogP contribution in [0.25, 0.3) is 10.2 Å². The van der Waals surface area contributed by atoms with Gasteiger partial charge in [-0.05, 0) is 24.6 Å². The Morgan fingerprint density at radius 3 is 2.48 bits per heavy atom. The summed E-state index contributed by atoms with van der Waals surface area (Å²) in [6.07, 6.45) is 0.279. The van der Waals surface area contributed by atoms with Crippen LogP contribution in [0.3, 0.4) is 0 Å². The third-order valence-corrected chi connectivity index (χ3v) is 5.55. The molecule has 2 N–H and O–H groups in total. The van der Waals surface area contributed by atoms with Crippen molar-refractivity contribution in [3.63, 3.8) is 0 Å². The average Bonchev–Trinajstić information content (AvgIpc) is 3.08. The maximum Gasteiger partial charge on any atom is 0.328 e. The van der Waals surface area contributed by atoms with E-state index in [-0.39, 0.29) is 6.42 Å². The number of nitrogens with one attached hydrogen (secondary N) is 1. The lowest BCUT2D eigenvalue weighted by atomic mass is 9.78. The van der Waals surface area contributed by atoms with Crippen molar-refractivity contribution >= 4 is 33.4 Å². The molecule has 0 fully saturated rings. The number of fused-ring (bicyclic) bond motifs is 1. The summed E-state index contributed by atoms with van der Waals surface area (Å²) in [6.45, 7) is 0.550. The molecule has 140 valence electrons. The number of carbonyl (C=O) groups excluding carboxylic acids is 1. The van der Waals surface area contributed by atoms with E-state index in [4.69, 9.17) is 5.11 Å². The van der Waals surface area contributed by atoms with Gasteiger partial charge in [0, 0.05) is 6.42 Å². The Hall–Kier alpha value is -2.80. The predicted molar refractivity (Wildman–Crippen MR) is 103 cm³/mol. The maximum atomic E-state index is 13.0. The Morgan fingerprint density at radius 2 is 1.85 bits per heavy atom. The van der Waals surface area contributed by atoms with Crippen molar-refractivity contribution in [3.8, 4) is 0 Å². The van der Waals surface area contributed by atoms with Gasteiger partial charge in [0.1, 0.15) is 6.67 Å². The monoisotopic (exact) mass is 386 g/mol. The van der Waals surface area contributed by atoms with E-state index < -0.39 is 30.0 Å². The van der Waals surface area contributed by atoms with Gasteiger partial charge in [-0.15, -0.1) is 11.3 Å². The summed E-state index contributed by atoms with van der Waals surface area (Å²) < 4.78 is 14.0. The molecular formula is C20H19FN2O3S. The second kappa shape index (κ2) is 7.84. The minimum Gasteiger partial charge on any atom is -0.480 e. The molecule has 27 heavy (non-hydrogen) atoms. The van der Waals surface area contributed by atoms with Crippen molar-refractivity contribution in [1.29, 1.82) is 0 Å². The second-order valence-corrected chi connectivity index (χ2v) is 7.58. The zero-order valence-electron chi connectivity index (χ0n) is 14.7. The third-order valence-electron chi connectivity index (χ3n) is 4.51. The molecule has 3 rings (SSSR count). The van der Waals surface area contributed by atoms with Crippen molar-refractivity contribution in [2.24, 2.45) is 0 Å². The topological polar surface area (TPSA) is 79.3 Å². The van der Waals surface area contributed by atoms with E-state index in [1.165, 1.54) is 11.3 Å². The number of carboxylic acids is 1. The Kier molecular flexibility index (Phi) is 5.51. The number of nitrogens with zero attached hydrogens (tertiary/aromatic N) is 1. The summed E-state index contributed by atoms with van der Waals surface area (Å²) >= 11 is 1.49. The number of rotatable bonds is 7. The van der Waals surface area contributed by atoms with Gasteiger partial charge in [-0.25, -0.2) is 14.2 Å². The van der Waals surface area contributed by atoms with Gasteiger partial charge in [0.15, 0.2) is 6.04 Å². The molecule has 0 aliphatic carbocycles. The number of carbonyl (C=O) groups is 2. The fraction of sp³-hybridized carbons (Fsp3) is 0.250. The standard InChI is InChI=1S/C20H19FN2O3S/c1-20(13-7-3-2-4-8-13,19(26)23-15(12-21)18(24)25)11-17-22-14-9-5-6-10-16(14)27-17/h2-10,15H,11-12H2,1H3,(H,23,26)(H,24,25). The van der Waals surface area contributed by atoms with Crippen LogP contribution in [-0.4, -0.2) is 34.7 Å². The Bertz CT molecular complexity index is 927. The second-order valence-electron chi connectivity index (χ2n) is 6.47. The zero-order valence-corrected chi connectivity index (χ0v) is 15.5. The van der Waals surface area contributed by atoms with Crippen molar-refractivity contribution in [3.05, 3.63) is 65.2 Å². The molecule has 0 aliphatic heterocycles. The van der Waals surface area contributed by atoms with Crippen LogP contribution in [-0.2, 0) is 21.4 Å². The molecule has 0 radical (unpaired) electrons. The first-order valence-corrected chi connectivity index (χ1v) is 9.25. The number of carboxylic acid groups (broad SMARTS) is 1. The van der Waals surface area contributed by atoms with E-state index in [0.29, 0.717) is 5.56 Å². The van der Waals surface area contributed by atoms with Gasteiger partial charge < -0.3 is 10.4 Å². The highest BCUT2D eigenvalue weighted by Gasteiger charge is 2.38. The van der Waals surface area contributed by atoms with Gasteiger partial charge in [0.05, 0.1) is 20.6 Å². The van der Waals surface area contributed by atoms with E-state index in [1.807, 2.05) is 42.5 Å². The highest BCUT2D eigenvalue weighted by atomic mass is 32.1. The number of halogens is 1. The van der Waals surface area contributed by atoms with Crippen LogP contribution in [0.5, 0.6) is 0 Å². The van der Waals surface area contributed by atoms with Crippen molar-refractivity contribution in [1.82, 2.24) is 10.3 Å². The van der Waals surface area contributed by atoms with E-state index in [0.717, 1.165) is 15.2 Å². The summed E-state index contributed by atoms with van der Waals surface area (Å²) in [6, 6.07) is 15.2. The predicted octanol–water partition coefficient (Wildman–Crippen LogP) is 3.34. The van der Waals surface area contributed by atoms with Crippen LogP contribution in [0.2, 0.25) is 0 Å². The fourth-order valence-electron chi connectivity index (χ4n) is 2.90. The van der Waals surface area contributed by atoms with Gasteiger partial charge in [-0.1, -0.05) is 42.5 Å². The van der Waals surface area contributed by atoms with Gasteiger partial charge >= 0.3 is 5.97 Å². The Morgan fingerprint density at radius 1 is 1.19 bits per heavy atom. The number of aliphatic carboxylic acids is 1. The lowest BCUT2D eigenvalue weighted by Crippen LogP contribution is -2.51. The first-order valence-electron chi connectivity index (χ1n) is 8.44. The van der Waals surface area contributed by atoms with Crippen LogP contribution in [0, 0.1) is 0 Å². The van der Waals surface area contributed by atoms with Crippen molar-refractivity contribution in [2.75, 3.05) is 6.67 Å². The number of amides is 1. The molecule has 1 heterocycles. The quantitative estimate of drug-likeness (QED) is 0.653. The molecule has 5 nitrogen and oxygen atoms in total. The number of thiazole rings is 1. The molecule has 3 aromatic rings. The SMILES string of the molecule is CC(Cc1nc2ccccc2s1)(C(=O)NC(CF)C(=O)O)c1ccccc1. The first-order chi connectivity index (χ1) is 12.9. The van der Waals surface area contributed by atoms with Gasteiger partial charge in [0.2, 0.25) is 5.91 Å². The Balaban J connectivity index is 1.97. The Labute approximate surface area is 159 Å². The summed E-state index contributed by atoms with van der Waals surface area (Å²) in [5.41, 5.74) is 0.475. The molecule has 2 atom stereocenters. The highest BCUT2D eigenvalue weighted by molar-refractivity contribution is 7.18. The lowest BCUT2D eigenvalue weighted by molar-refractivity contribution is -0.143. The first kappa shape index (κ1) is 19.0. The van der Waals surface area contributed by atoms with Gasteiger partial charge in [0.25, 0.3) is 0 Å². The average molecular weight is 386 g/mol. The molecule has 2 unspecified atom stereocenters. The van der Waals surface area contributed by atoms with Crippen molar-refractivity contribution in [2.45, 2.75) is 24.8 Å². The minimum atomic E-state index is -1.57. The number of hydrogen-bond acceptors (Lipinski definition) is 4. The zero-order chi connectivity index (χ0) is 19.4. The van der Waals surface area contributed by atoms with Crippen LogP contribution in [0.1, 0.15) is 17.5 Å². The molecule has 0 saturated heterocycles. The molecule has 0 saturated carbocycles. The summed E-state index contributed by atoms with van der Waals surface area (Å²) in [5, 5.41) is 12.2. The molecule has 1 amide bonds. The van der Waals surface area contributed by atoms with E-state index in [9.17, 15) is 14.0 Å². The molecule has 0 aliphatic rings. The fourth-order valence-corrected chi connectivity index (χ4v) is 4.02. The molecule has 0 bridgehead atoms. The molecule has 2 aromatic carbocycles. The number of para-hydroxylation sites is 1. The highest BCUT2D eigenvalue weighted by Crippen LogP contribution is 2.32. The van der Waals surface area contributed by atoms with Gasteiger partial charge in [-0.2, -0.15) is 0 Å². The van der Waals surface area contributed by atoms with Crippen LogP contribution >= 0.6 is 11.3 Å².